The summed E-state index contributed by atoms with van der Waals surface area (Å²) in [5.41, 5.74) is 8.56. The maximum atomic E-state index is 14.1. The van der Waals surface area contributed by atoms with Crippen LogP contribution in [-0.2, 0) is 4.79 Å². The van der Waals surface area contributed by atoms with Crippen LogP contribution in [0.5, 0.6) is 0 Å². The molecule has 0 radical (unpaired) electrons. The first-order valence-electron chi connectivity index (χ1n) is 9.86. The standard InChI is InChI=1S/C22H25ClFN3O/c23-16-5-6-18-19(14-27(12-9-25)21(18)13-16)22(28)26-10-7-15(8-11-26)17-3-1-2-4-20(17)24/h1-6,13,15,19H,7-12,14,25H2. The van der Waals surface area contributed by atoms with Crippen LogP contribution in [0.15, 0.2) is 42.5 Å². The topological polar surface area (TPSA) is 49.6 Å². The number of nitrogens with zero attached hydrogens (tertiary/aromatic N) is 2. The summed E-state index contributed by atoms with van der Waals surface area (Å²) in [6.45, 7) is 3.19. The van der Waals surface area contributed by atoms with E-state index in [9.17, 15) is 9.18 Å². The fourth-order valence-corrected chi connectivity index (χ4v) is 4.68. The van der Waals surface area contributed by atoms with Crippen LogP contribution < -0.4 is 10.6 Å². The average molecular weight is 402 g/mol. The summed E-state index contributed by atoms with van der Waals surface area (Å²) in [6.07, 6.45) is 1.58. The van der Waals surface area contributed by atoms with Crippen LogP contribution in [0, 0.1) is 5.82 Å². The van der Waals surface area contributed by atoms with E-state index in [0.29, 0.717) is 37.7 Å². The van der Waals surface area contributed by atoms with Gasteiger partial charge in [0.25, 0.3) is 0 Å². The number of piperidine rings is 1. The predicted molar refractivity (Wildman–Crippen MR) is 110 cm³/mol. The van der Waals surface area contributed by atoms with Crippen molar-refractivity contribution in [1.82, 2.24) is 4.90 Å². The Labute approximate surface area is 170 Å². The van der Waals surface area contributed by atoms with Gasteiger partial charge < -0.3 is 15.5 Å². The van der Waals surface area contributed by atoms with E-state index in [0.717, 1.165) is 29.7 Å². The van der Waals surface area contributed by atoms with E-state index in [1.165, 1.54) is 6.07 Å². The van der Waals surface area contributed by atoms with Gasteiger partial charge in [-0.3, -0.25) is 4.79 Å². The highest BCUT2D eigenvalue weighted by Crippen LogP contribution is 2.39. The minimum absolute atomic E-state index is 0.147. The molecule has 1 saturated heterocycles. The second-order valence-corrected chi connectivity index (χ2v) is 8.05. The highest BCUT2D eigenvalue weighted by atomic mass is 35.5. The van der Waals surface area contributed by atoms with Crippen molar-refractivity contribution in [2.24, 2.45) is 5.73 Å². The first-order chi connectivity index (χ1) is 13.6. The lowest BCUT2D eigenvalue weighted by molar-refractivity contribution is -0.133. The molecule has 0 aromatic heterocycles. The number of likely N-dealkylation sites (tertiary alicyclic amines) is 1. The van der Waals surface area contributed by atoms with E-state index in [1.54, 1.807) is 6.07 Å². The van der Waals surface area contributed by atoms with Crippen molar-refractivity contribution >= 4 is 23.2 Å². The van der Waals surface area contributed by atoms with E-state index >= 15 is 0 Å². The highest BCUT2D eigenvalue weighted by molar-refractivity contribution is 6.31. The molecule has 1 atom stereocenters. The molecule has 28 heavy (non-hydrogen) atoms. The molecule has 1 unspecified atom stereocenters. The van der Waals surface area contributed by atoms with Gasteiger partial charge in [-0.15, -0.1) is 0 Å². The average Bonchev–Trinajstić information content (AvgIpc) is 3.06. The van der Waals surface area contributed by atoms with Crippen molar-refractivity contribution < 1.29 is 9.18 Å². The lowest BCUT2D eigenvalue weighted by atomic mass is 9.88. The quantitative estimate of drug-likeness (QED) is 0.848. The van der Waals surface area contributed by atoms with Crippen molar-refractivity contribution in [1.29, 1.82) is 0 Å². The molecule has 2 heterocycles. The van der Waals surface area contributed by atoms with Gasteiger partial charge >= 0.3 is 0 Å². The third-order valence-electron chi connectivity index (χ3n) is 5.96. The Balaban J connectivity index is 1.47. The molecule has 0 bridgehead atoms. The maximum Gasteiger partial charge on any atom is 0.231 e. The molecule has 1 fully saturated rings. The van der Waals surface area contributed by atoms with Crippen molar-refractivity contribution in [3.05, 3.63) is 64.4 Å². The van der Waals surface area contributed by atoms with Crippen LogP contribution in [0.3, 0.4) is 0 Å². The first kappa shape index (κ1) is 19.2. The molecule has 0 saturated carbocycles. The minimum atomic E-state index is -0.191. The van der Waals surface area contributed by atoms with Gasteiger partial charge in [0.15, 0.2) is 0 Å². The van der Waals surface area contributed by atoms with Crippen molar-refractivity contribution in [3.63, 3.8) is 0 Å². The molecule has 4 nitrogen and oxygen atoms in total. The first-order valence-corrected chi connectivity index (χ1v) is 10.2. The van der Waals surface area contributed by atoms with Crippen LogP contribution >= 0.6 is 11.6 Å². The summed E-state index contributed by atoms with van der Waals surface area (Å²) < 4.78 is 14.1. The number of carbonyl (C=O) groups excluding carboxylic acids is 1. The fourth-order valence-electron chi connectivity index (χ4n) is 4.52. The van der Waals surface area contributed by atoms with Crippen molar-refractivity contribution in [2.75, 3.05) is 37.6 Å². The van der Waals surface area contributed by atoms with Gasteiger partial charge in [0, 0.05) is 43.4 Å². The Kier molecular flexibility index (Phi) is 5.56. The van der Waals surface area contributed by atoms with Crippen LogP contribution in [0.4, 0.5) is 10.1 Å². The number of benzene rings is 2. The number of anilines is 1. The lowest BCUT2D eigenvalue weighted by Gasteiger charge is -2.34. The molecule has 2 N–H and O–H groups in total. The Hall–Kier alpha value is -2.11. The van der Waals surface area contributed by atoms with Crippen LogP contribution in [0.2, 0.25) is 5.02 Å². The lowest BCUT2D eigenvalue weighted by Crippen LogP contribution is -2.42. The largest absolute Gasteiger partial charge is 0.369 e. The summed E-state index contributed by atoms with van der Waals surface area (Å²) >= 11 is 6.17. The van der Waals surface area contributed by atoms with Gasteiger partial charge in [-0.05, 0) is 48.1 Å². The van der Waals surface area contributed by atoms with Crippen LogP contribution in [0.1, 0.15) is 35.8 Å². The maximum absolute atomic E-state index is 14.1. The zero-order chi connectivity index (χ0) is 19.7. The van der Waals surface area contributed by atoms with Gasteiger partial charge in [0.05, 0.1) is 5.92 Å². The Morgan fingerprint density at radius 1 is 1.14 bits per heavy atom. The fraction of sp³-hybridized carbons (Fsp3) is 0.409. The summed E-state index contributed by atoms with van der Waals surface area (Å²) in [6, 6.07) is 12.7. The number of amides is 1. The SMILES string of the molecule is NCCN1CC(C(=O)N2CCC(c3ccccc3F)CC2)c2ccc(Cl)cc21. The predicted octanol–water partition coefficient (Wildman–Crippen LogP) is 3.75. The molecule has 148 valence electrons. The molecule has 2 aliphatic heterocycles. The number of hydrogen-bond donors (Lipinski definition) is 1. The van der Waals surface area contributed by atoms with E-state index in [2.05, 4.69) is 4.90 Å². The molecule has 4 rings (SSSR count). The number of halogens is 2. The molecular formula is C22H25ClFN3O. The molecule has 1 amide bonds. The number of hydrogen-bond acceptors (Lipinski definition) is 3. The Bertz CT molecular complexity index is 867. The van der Waals surface area contributed by atoms with Crippen molar-refractivity contribution in [2.45, 2.75) is 24.7 Å². The summed E-state index contributed by atoms with van der Waals surface area (Å²) in [5, 5.41) is 0.666. The van der Waals surface area contributed by atoms with Gasteiger partial charge in [0.1, 0.15) is 5.82 Å². The third kappa shape index (κ3) is 3.61. The monoisotopic (exact) mass is 401 g/mol. The molecule has 2 aromatic rings. The second-order valence-electron chi connectivity index (χ2n) is 7.61. The van der Waals surface area contributed by atoms with Gasteiger partial charge in [0.2, 0.25) is 5.91 Å². The van der Waals surface area contributed by atoms with Gasteiger partial charge in [-0.2, -0.15) is 0 Å². The zero-order valence-electron chi connectivity index (χ0n) is 15.8. The molecule has 2 aliphatic rings. The van der Waals surface area contributed by atoms with E-state index in [1.807, 2.05) is 35.2 Å². The molecule has 0 spiro atoms. The summed E-state index contributed by atoms with van der Waals surface area (Å²) in [7, 11) is 0. The molecule has 2 aromatic carbocycles. The van der Waals surface area contributed by atoms with Crippen molar-refractivity contribution in [3.8, 4) is 0 Å². The minimum Gasteiger partial charge on any atom is -0.369 e. The summed E-state index contributed by atoms with van der Waals surface area (Å²) in [4.78, 5) is 17.4. The van der Waals surface area contributed by atoms with Gasteiger partial charge in [-0.1, -0.05) is 35.9 Å². The molecule has 6 heteroatoms. The molecule has 0 aliphatic carbocycles. The third-order valence-corrected chi connectivity index (χ3v) is 6.20. The summed E-state index contributed by atoms with van der Waals surface area (Å²) in [5.74, 6) is -0.0149. The number of fused-ring (bicyclic) bond motifs is 1. The van der Waals surface area contributed by atoms with Crippen LogP contribution in [0.25, 0.3) is 0 Å². The number of rotatable bonds is 4. The smallest absolute Gasteiger partial charge is 0.231 e. The normalized spacial score (nSPS) is 19.8. The Morgan fingerprint density at radius 2 is 1.89 bits per heavy atom. The molecular weight excluding hydrogens is 377 g/mol. The number of carbonyl (C=O) groups is 1. The number of nitrogens with two attached hydrogens (primary N) is 1. The highest BCUT2D eigenvalue weighted by Gasteiger charge is 2.37. The van der Waals surface area contributed by atoms with Crippen LogP contribution in [-0.4, -0.2) is 43.5 Å². The van der Waals surface area contributed by atoms with Gasteiger partial charge in [-0.25, -0.2) is 4.39 Å². The zero-order valence-corrected chi connectivity index (χ0v) is 16.5. The Morgan fingerprint density at radius 3 is 2.61 bits per heavy atom. The van der Waals surface area contributed by atoms with E-state index in [-0.39, 0.29) is 23.6 Å². The van der Waals surface area contributed by atoms with E-state index < -0.39 is 0 Å². The van der Waals surface area contributed by atoms with E-state index in [4.69, 9.17) is 17.3 Å². The second kappa shape index (κ2) is 8.10.